The summed E-state index contributed by atoms with van der Waals surface area (Å²) < 4.78 is 13.6. The van der Waals surface area contributed by atoms with Crippen molar-refractivity contribution in [3.05, 3.63) is 23.6 Å². The summed E-state index contributed by atoms with van der Waals surface area (Å²) >= 11 is 0. The number of carbonyl (C=O) groups excluding carboxylic acids is 1. The molecule has 0 saturated heterocycles. The fourth-order valence-electron chi connectivity index (χ4n) is 1.27. The zero-order valence-electron chi connectivity index (χ0n) is 9.51. The summed E-state index contributed by atoms with van der Waals surface area (Å²) in [7, 11) is 1.56. The Kier molecular flexibility index (Phi) is 4.69. The molecule has 88 valence electrons. The van der Waals surface area contributed by atoms with Gasteiger partial charge in [-0.2, -0.15) is 0 Å². The standard InChI is InChI=1S/C11H16FN3O/c1-3-4-6-15-11(16)8-5-7-14-10(13-2)9(8)12/h5,7H,3-4,6H2,1-2H3,(H,13,14)(H,15,16). The molecule has 2 N–H and O–H groups in total. The minimum absolute atomic E-state index is 0.0236. The third-order valence-electron chi connectivity index (χ3n) is 2.19. The van der Waals surface area contributed by atoms with Gasteiger partial charge in [0, 0.05) is 19.8 Å². The van der Waals surface area contributed by atoms with Crippen LogP contribution in [0.2, 0.25) is 0 Å². The monoisotopic (exact) mass is 225 g/mol. The third kappa shape index (κ3) is 2.92. The minimum Gasteiger partial charge on any atom is -0.371 e. The quantitative estimate of drug-likeness (QED) is 0.751. The Hall–Kier alpha value is -1.65. The number of amides is 1. The zero-order valence-corrected chi connectivity index (χ0v) is 9.51. The normalized spacial score (nSPS) is 9.94. The molecule has 0 radical (unpaired) electrons. The number of unbranched alkanes of at least 4 members (excludes halogenated alkanes) is 1. The second kappa shape index (κ2) is 6.05. The molecule has 5 heteroatoms. The molecular formula is C11H16FN3O. The lowest BCUT2D eigenvalue weighted by atomic mass is 10.2. The fraction of sp³-hybridized carbons (Fsp3) is 0.455. The summed E-state index contributed by atoms with van der Waals surface area (Å²) in [5.74, 6) is -0.924. The molecule has 1 rings (SSSR count). The van der Waals surface area contributed by atoms with E-state index in [9.17, 15) is 9.18 Å². The van der Waals surface area contributed by atoms with Crippen LogP contribution in [0.1, 0.15) is 30.1 Å². The van der Waals surface area contributed by atoms with E-state index in [-0.39, 0.29) is 11.4 Å². The van der Waals surface area contributed by atoms with E-state index in [1.54, 1.807) is 7.05 Å². The van der Waals surface area contributed by atoms with Crippen molar-refractivity contribution < 1.29 is 9.18 Å². The van der Waals surface area contributed by atoms with Gasteiger partial charge in [-0.1, -0.05) is 13.3 Å². The van der Waals surface area contributed by atoms with Gasteiger partial charge in [0.15, 0.2) is 11.6 Å². The Morgan fingerprint density at radius 3 is 2.94 bits per heavy atom. The predicted octanol–water partition coefficient (Wildman–Crippen LogP) is 1.79. The van der Waals surface area contributed by atoms with E-state index >= 15 is 0 Å². The summed E-state index contributed by atoms with van der Waals surface area (Å²) in [4.78, 5) is 15.4. The molecule has 0 unspecified atom stereocenters. The van der Waals surface area contributed by atoms with Gasteiger partial charge in [0.2, 0.25) is 0 Å². The van der Waals surface area contributed by atoms with Crippen molar-refractivity contribution in [2.24, 2.45) is 0 Å². The third-order valence-corrected chi connectivity index (χ3v) is 2.19. The van der Waals surface area contributed by atoms with E-state index in [0.717, 1.165) is 12.8 Å². The number of anilines is 1. The number of hydrogen-bond acceptors (Lipinski definition) is 3. The molecule has 0 aliphatic heterocycles. The van der Waals surface area contributed by atoms with Crippen molar-refractivity contribution in [2.45, 2.75) is 19.8 Å². The highest BCUT2D eigenvalue weighted by Crippen LogP contribution is 2.13. The van der Waals surface area contributed by atoms with E-state index in [2.05, 4.69) is 15.6 Å². The van der Waals surface area contributed by atoms with Crippen LogP contribution in [0.15, 0.2) is 12.3 Å². The van der Waals surface area contributed by atoms with Crippen LogP contribution in [0.25, 0.3) is 0 Å². The maximum absolute atomic E-state index is 13.6. The first-order valence-electron chi connectivity index (χ1n) is 5.31. The maximum Gasteiger partial charge on any atom is 0.254 e. The smallest absolute Gasteiger partial charge is 0.254 e. The zero-order chi connectivity index (χ0) is 12.0. The molecule has 1 aromatic rings. The fourth-order valence-corrected chi connectivity index (χ4v) is 1.27. The molecule has 0 aliphatic rings. The van der Waals surface area contributed by atoms with Gasteiger partial charge in [0.05, 0.1) is 5.56 Å². The summed E-state index contributed by atoms with van der Waals surface area (Å²) in [5, 5.41) is 5.25. The molecule has 0 aliphatic carbocycles. The molecule has 4 nitrogen and oxygen atoms in total. The minimum atomic E-state index is -0.612. The van der Waals surface area contributed by atoms with Crippen molar-refractivity contribution in [3.8, 4) is 0 Å². The van der Waals surface area contributed by atoms with Crippen LogP contribution >= 0.6 is 0 Å². The molecule has 0 aromatic carbocycles. The van der Waals surface area contributed by atoms with Gasteiger partial charge < -0.3 is 10.6 Å². The average molecular weight is 225 g/mol. The van der Waals surface area contributed by atoms with Crippen LogP contribution in [0.5, 0.6) is 0 Å². The largest absolute Gasteiger partial charge is 0.371 e. The number of nitrogens with one attached hydrogen (secondary N) is 2. The van der Waals surface area contributed by atoms with Crippen LogP contribution in [0.4, 0.5) is 10.2 Å². The molecule has 16 heavy (non-hydrogen) atoms. The van der Waals surface area contributed by atoms with Crippen LogP contribution in [0.3, 0.4) is 0 Å². The van der Waals surface area contributed by atoms with Gasteiger partial charge >= 0.3 is 0 Å². The lowest BCUT2D eigenvalue weighted by Gasteiger charge is -2.07. The van der Waals surface area contributed by atoms with Crippen LogP contribution < -0.4 is 10.6 Å². The Bertz CT molecular complexity index is 368. The molecule has 0 spiro atoms. The number of aromatic nitrogens is 1. The Morgan fingerprint density at radius 1 is 1.56 bits per heavy atom. The highest BCUT2D eigenvalue weighted by molar-refractivity contribution is 5.95. The highest BCUT2D eigenvalue weighted by Gasteiger charge is 2.14. The van der Waals surface area contributed by atoms with E-state index in [4.69, 9.17) is 0 Å². The average Bonchev–Trinajstić information content (AvgIpc) is 2.29. The van der Waals surface area contributed by atoms with Crippen molar-refractivity contribution in [3.63, 3.8) is 0 Å². The van der Waals surface area contributed by atoms with Crippen molar-refractivity contribution in [1.82, 2.24) is 10.3 Å². The molecule has 1 amide bonds. The van der Waals surface area contributed by atoms with Crippen LogP contribution in [0, 0.1) is 5.82 Å². The number of nitrogens with zero attached hydrogens (tertiary/aromatic N) is 1. The number of halogens is 1. The Labute approximate surface area is 94.3 Å². The van der Waals surface area contributed by atoms with E-state index < -0.39 is 11.7 Å². The highest BCUT2D eigenvalue weighted by atomic mass is 19.1. The van der Waals surface area contributed by atoms with Crippen molar-refractivity contribution >= 4 is 11.7 Å². The topological polar surface area (TPSA) is 54.0 Å². The SMILES string of the molecule is CCCCNC(=O)c1ccnc(NC)c1F. The first-order valence-corrected chi connectivity index (χ1v) is 5.31. The molecule has 1 heterocycles. The Morgan fingerprint density at radius 2 is 2.31 bits per heavy atom. The van der Waals surface area contributed by atoms with E-state index in [1.807, 2.05) is 6.92 Å². The molecule has 0 fully saturated rings. The number of pyridine rings is 1. The molecule has 0 bridgehead atoms. The summed E-state index contributed by atoms with van der Waals surface area (Å²) in [6.45, 7) is 2.59. The van der Waals surface area contributed by atoms with Crippen LogP contribution in [-0.4, -0.2) is 24.5 Å². The lowest BCUT2D eigenvalue weighted by Crippen LogP contribution is -2.25. The van der Waals surface area contributed by atoms with E-state index in [1.165, 1.54) is 12.3 Å². The molecule has 0 saturated carbocycles. The van der Waals surface area contributed by atoms with E-state index in [0.29, 0.717) is 6.54 Å². The predicted molar refractivity (Wildman–Crippen MR) is 61.0 cm³/mol. The molecule has 1 aromatic heterocycles. The number of hydrogen-bond donors (Lipinski definition) is 2. The maximum atomic E-state index is 13.6. The summed E-state index contributed by atoms with van der Waals surface area (Å²) in [5.41, 5.74) is 0.0236. The van der Waals surface area contributed by atoms with Crippen LogP contribution in [-0.2, 0) is 0 Å². The van der Waals surface area contributed by atoms with Gasteiger partial charge in [-0.15, -0.1) is 0 Å². The number of carbonyl (C=O) groups is 1. The Balaban J connectivity index is 2.75. The van der Waals surface area contributed by atoms with Gasteiger partial charge in [0.1, 0.15) is 0 Å². The summed E-state index contributed by atoms with van der Waals surface area (Å²) in [6.07, 6.45) is 3.28. The molecule has 0 atom stereocenters. The molecular weight excluding hydrogens is 209 g/mol. The first kappa shape index (κ1) is 12.4. The van der Waals surface area contributed by atoms with Crippen molar-refractivity contribution in [1.29, 1.82) is 0 Å². The van der Waals surface area contributed by atoms with Crippen molar-refractivity contribution in [2.75, 3.05) is 18.9 Å². The lowest BCUT2D eigenvalue weighted by molar-refractivity contribution is 0.0949. The van der Waals surface area contributed by atoms with Gasteiger partial charge in [-0.25, -0.2) is 9.37 Å². The van der Waals surface area contributed by atoms with Gasteiger partial charge in [-0.05, 0) is 12.5 Å². The second-order valence-corrected chi connectivity index (χ2v) is 3.38. The number of rotatable bonds is 5. The van der Waals surface area contributed by atoms with Gasteiger partial charge in [0.25, 0.3) is 5.91 Å². The summed E-state index contributed by atoms with van der Waals surface area (Å²) in [6, 6.07) is 1.37. The van der Waals surface area contributed by atoms with Gasteiger partial charge in [-0.3, -0.25) is 4.79 Å². The first-order chi connectivity index (χ1) is 7.70. The second-order valence-electron chi connectivity index (χ2n) is 3.38.